The van der Waals surface area contributed by atoms with Gasteiger partial charge in [-0.2, -0.15) is 0 Å². The maximum atomic E-state index is 13.3. The second-order valence-electron chi connectivity index (χ2n) is 9.47. The molecule has 0 aromatic heterocycles. The Kier molecular flexibility index (Phi) is 10.0. The Bertz CT molecular complexity index is 1390. The topological polar surface area (TPSA) is 105 Å². The summed E-state index contributed by atoms with van der Waals surface area (Å²) in [6.07, 6.45) is 0.594. The molecule has 0 unspecified atom stereocenters. The normalized spacial score (nSPS) is 12.1. The van der Waals surface area contributed by atoms with E-state index >= 15 is 0 Å². The van der Waals surface area contributed by atoms with Gasteiger partial charge in [-0.25, -0.2) is 4.79 Å². The van der Waals surface area contributed by atoms with Gasteiger partial charge in [-0.1, -0.05) is 97.1 Å². The molecule has 4 aromatic carbocycles. The van der Waals surface area contributed by atoms with Crippen LogP contribution in [0.25, 0.3) is 0 Å². The highest BCUT2D eigenvalue weighted by molar-refractivity contribution is 5.94. The van der Waals surface area contributed by atoms with Gasteiger partial charge in [-0.05, 0) is 35.7 Å². The van der Waals surface area contributed by atoms with Crippen molar-refractivity contribution < 1.29 is 24.2 Å². The van der Waals surface area contributed by atoms with E-state index in [1.165, 1.54) is 6.07 Å². The van der Waals surface area contributed by atoms with Crippen LogP contribution in [-0.4, -0.2) is 41.6 Å². The van der Waals surface area contributed by atoms with Gasteiger partial charge in [0.05, 0.1) is 12.5 Å². The van der Waals surface area contributed by atoms with Crippen molar-refractivity contribution in [1.29, 1.82) is 0 Å². The Balaban J connectivity index is 1.46. The molecule has 0 saturated carbocycles. The Hall–Kier alpha value is -4.91. The highest BCUT2D eigenvalue weighted by atomic mass is 16.5. The fourth-order valence-electron chi connectivity index (χ4n) is 4.31. The van der Waals surface area contributed by atoms with E-state index in [1.807, 2.05) is 66.7 Å². The lowest BCUT2D eigenvalue weighted by Crippen LogP contribution is -2.46. The van der Waals surface area contributed by atoms with E-state index in [4.69, 9.17) is 4.74 Å². The first kappa shape index (κ1) is 28.1. The maximum Gasteiger partial charge on any atom is 0.329 e. The number of benzene rings is 4. The first-order valence-electron chi connectivity index (χ1n) is 13.1. The van der Waals surface area contributed by atoms with Gasteiger partial charge in [0.2, 0.25) is 5.91 Å². The molecule has 0 fully saturated rings. The Labute approximate surface area is 233 Å². The summed E-state index contributed by atoms with van der Waals surface area (Å²) in [6.45, 7) is -0.0765. The summed E-state index contributed by atoms with van der Waals surface area (Å²) < 4.78 is 5.70. The van der Waals surface area contributed by atoms with Crippen molar-refractivity contribution in [2.45, 2.75) is 31.3 Å². The fraction of sp³-hybridized carbons (Fsp3) is 0.182. The molecule has 2 amide bonds. The molecule has 0 spiro atoms. The van der Waals surface area contributed by atoms with Crippen LogP contribution in [0, 0.1) is 0 Å². The largest absolute Gasteiger partial charge is 0.508 e. The Morgan fingerprint density at radius 3 is 1.85 bits per heavy atom. The van der Waals surface area contributed by atoms with Crippen molar-refractivity contribution in [3.8, 4) is 5.75 Å². The van der Waals surface area contributed by atoms with E-state index in [1.54, 1.807) is 42.5 Å². The zero-order chi connectivity index (χ0) is 28.2. The molecule has 4 rings (SSSR count). The van der Waals surface area contributed by atoms with Crippen LogP contribution in [0.5, 0.6) is 5.75 Å². The van der Waals surface area contributed by atoms with Gasteiger partial charge in [-0.3, -0.25) is 9.59 Å². The predicted octanol–water partition coefficient (Wildman–Crippen LogP) is 4.25. The number of carbonyl (C=O) groups excluding carboxylic acids is 3. The van der Waals surface area contributed by atoms with Crippen molar-refractivity contribution >= 4 is 17.8 Å². The summed E-state index contributed by atoms with van der Waals surface area (Å²) in [6, 6.07) is 32.9. The number of nitrogens with one attached hydrogen (secondary N) is 2. The SMILES string of the molecule is O=C(Cc1ccccc1O)N[C@H](Cc1ccccc1)C(=O)OC[C@H](Cc1ccccc1)NC(=O)c1ccccc1. The molecule has 3 N–H and O–H groups in total. The van der Waals surface area contributed by atoms with Crippen LogP contribution in [0.2, 0.25) is 0 Å². The average molecular weight is 537 g/mol. The summed E-state index contributed by atoms with van der Waals surface area (Å²) in [7, 11) is 0. The lowest BCUT2D eigenvalue weighted by atomic mass is 10.0. The van der Waals surface area contributed by atoms with Gasteiger partial charge >= 0.3 is 5.97 Å². The monoisotopic (exact) mass is 536 g/mol. The highest BCUT2D eigenvalue weighted by Crippen LogP contribution is 2.16. The lowest BCUT2D eigenvalue weighted by molar-refractivity contribution is -0.148. The molecule has 0 heterocycles. The fourth-order valence-corrected chi connectivity index (χ4v) is 4.31. The molecule has 0 aliphatic rings. The molecular weight excluding hydrogens is 504 g/mol. The number of esters is 1. The first-order valence-corrected chi connectivity index (χ1v) is 13.1. The summed E-state index contributed by atoms with van der Waals surface area (Å²) >= 11 is 0. The van der Waals surface area contributed by atoms with Crippen LogP contribution >= 0.6 is 0 Å². The summed E-state index contributed by atoms with van der Waals surface area (Å²) in [5.41, 5.74) is 2.79. The molecule has 0 bridgehead atoms. The second-order valence-corrected chi connectivity index (χ2v) is 9.47. The van der Waals surface area contributed by atoms with Crippen molar-refractivity contribution in [1.82, 2.24) is 10.6 Å². The first-order chi connectivity index (χ1) is 19.5. The van der Waals surface area contributed by atoms with E-state index in [0.29, 0.717) is 17.5 Å². The number of ether oxygens (including phenoxy) is 1. The smallest absolute Gasteiger partial charge is 0.329 e. The average Bonchev–Trinajstić information content (AvgIpc) is 2.98. The standard InChI is InChI=1S/C33H32N2O5/c36-30-19-11-10-18-27(30)22-31(37)35-29(21-25-14-6-2-7-15-25)33(39)40-23-28(20-24-12-4-1-5-13-24)34-32(38)26-16-8-3-9-17-26/h1-19,28-29,36H,20-23H2,(H,34,38)(H,35,37)/t28-,29+/m0/s1. The molecule has 40 heavy (non-hydrogen) atoms. The number of hydrogen-bond acceptors (Lipinski definition) is 5. The summed E-state index contributed by atoms with van der Waals surface area (Å²) in [5.74, 6) is -1.29. The number of phenols is 1. The number of rotatable bonds is 12. The van der Waals surface area contributed by atoms with Gasteiger partial charge in [0.15, 0.2) is 0 Å². The van der Waals surface area contributed by atoms with E-state index in [9.17, 15) is 19.5 Å². The summed E-state index contributed by atoms with van der Waals surface area (Å²) in [5, 5.41) is 15.8. The third-order valence-corrected chi connectivity index (χ3v) is 6.37. The molecule has 204 valence electrons. The summed E-state index contributed by atoms with van der Waals surface area (Å²) in [4.78, 5) is 39.1. The molecule has 7 nitrogen and oxygen atoms in total. The number of para-hydroxylation sites is 1. The minimum Gasteiger partial charge on any atom is -0.508 e. The zero-order valence-electron chi connectivity index (χ0n) is 22.0. The minimum atomic E-state index is -0.956. The van der Waals surface area contributed by atoms with Crippen LogP contribution < -0.4 is 10.6 Å². The minimum absolute atomic E-state index is 0.0118. The molecule has 0 aliphatic carbocycles. The van der Waals surface area contributed by atoms with E-state index in [-0.39, 0.29) is 31.1 Å². The van der Waals surface area contributed by atoms with Crippen molar-refractivity contribution in [3.63, 3.8) is 0 Å². The van der Waals surface area contributed by atoms with Gasteiger partial charge < -0.3 is 20.5 Å². The van der Waals surface area contributed by atoms with E-state index < -0.39 is 24.0 Å². The predicted molar refractivity (Wildman–Crippen MR) is 153 cm³/mol. The van der Waals surface area contributed by atoms with Crippen LogP contribution in [0.1, 0.15) is 27.0 Å². The molecule has 0 saturated heterocycles. The number of phenolic OH excluding ortho intramolecular Hbond substituents is 1. The van der Waals surface area contributed by atoms with Crippen LogP contribution in [-0.2, 0) is 33.6 Å². The Morgan fingerprint density at radius 1 is 0.675 bits per heavy atom. The number of aromatic hydroxyl groups is 1. The molecule has 7 heteroatoms. The molecule has 0 aliphatic heterocycles. The Morgan fingerprint density at radius 2 is 1.23 bits per heavy atom. The van der Waals surface area contributed by atoms with Crippen molar-refractivity contribution in [3.05, 3.63) is 138 Å². The van der Waals surface area contributed by atoms with Crippen LogP contribution in [0.3, 0.4) is 0 Å². The molecule has 4 aromatic rings. The van der Waals surface area contributed by atoms with Crippen molar-refractivity contribution in [2.24, 2.45) is 0 Å². The van der Waals surface area contributed by atoms with Gasteiger partial charge in [0, 0.05) is 17.5 Å². The second kappa shape index (κ2) is 14.3. The quantitative estimate of drug-likeness (QED) is 0.235. The van der Waals surface area contributed by atoms with Crippen molar-refractivity contribution in [2.75, 3.05) is 6.61 Å². The lowest BCUT2D eigenvalue weighted by Gasteiger charge is -2.22. The molecule has 0 radical (unpaired) electrons. The van der Waals surface area contributed by atoms with Gasteiger partial charge in [-0.15, -0.1) is 0 Å². The van der Waals surface area contributed by atoms with Crippen LogP contribution in [0.15, 0.2) is 115 Å². The van der Waals surface area contributed by atoms with Gasteiger partial charge in [0.25, 0.3) is 5.91 Å². The molecular formula is C33H32N2O5. The third-order valence-electron chi connectivity index (χ3n) is 6.37. The zero-order valence-corrected chi connectivity index (χ0v) is 22.0. The number of hydrogen-bond donors (Lipinski definition) is 3. The number of carbonyl (C=O) groups is 3. The number of amides is 2. The maximum absolute atomic E-state index is 13.3. The highest BCUT2D eigenvalue weighted by Gasteiger charge is 2.25. The van der Waals surface area contributed by atoms with E-state index in [0.717, 1.165) is 11.1 Å². The molecule has 2 atom stereocenters. The van der Waals surface area contributed by atoms with E-state index in [2.05, 4.69) is 10.6 Å². The van der Waals surface area contributed by atoms with Crippen LogP contribution in [0.4, 0.5) is 0 Å². The third kappa shape index (κ3) is 8.56. The van der Waals surface area contributed by atoms with Gasteiger partial charge in [0.1, 0.15) is 18.4 Å².